The summed E-state index contributed by atoms with van der Waals surface area (Å²) < 4.78 is 9.15. The first-order valence-corrected chi connectivity index (χ1v) is 9.70. The van der Waals surface area contributed by atoms with Gasteiger partial charge in [-0.3, -0.25) is 0 Å². The summed E-state index contributed by atoms with van der Waals surface area (Å²) in [4.78, 5) is 4.05. The third-order valence-corrected chi connectivity index (χ3v) is 4.72. The van der Waals surface area contributed by atoms with E-state index in [4.69, 9.17) is 16.3 Å². The molecule has 1 aromatic heterocycles. The minimum absolute atomic E-state index is 0. The molecule has 3 rings (SSSR count). The lowest BCUT2D eigenvalue weighted by Crippen LogP contribution is -2.17. The molecule has 4 nitrogen and oxygen atoms in total. The summed E-state index contributed by atoms with van der Waals surface area (Å²) >= 11 is 9.47. The first-order chi connectivity index (χ1) is 12.7. The fourth-order valence-electron chi connectivity index (χ4n) is 2.60. The van der Waals surface area contributed by atoms with Gasteiger partial charge in [-0.1, -0.05) is 39.7 Å². The van der Waals surface area contributed by atoms with Crippen LogP contribution >= 0.6 is 39.9 Å². The molecule has 0 atom stereocenters. The Kier molecular flexibility index (Phi) is 9.15. The van der Waals surface area contributed by atoms with Crippen LogP contribution in [0, 0.1) is 0 Å². The van der Waals surface area contributed by atoms with E-state index in [1.54, 1.807) is 6.20 Å². The standard InChI is InChI=1S/C20H21BrClN3O.ClH/c21-18-4-7-20(26-14-16-2-5-19(22)6-3-16)17(12-18)13-23-8-1-10-25-11-9-24-15-25;/h2-7,9,11-12,15,23H,1,8,10,13-14H2;1H. The summed E-state index contributed by atoms with van der Waals surface area (Å²) in [6.07, 6.45) is 6.68. The maximum Gasteiger partial charge on any atom is 0.124 e. The molecule has 0 aliphatic carbocycles. The van der Waals surface area contributed by atoms with Crippen molar-refractivity contribution in [3.8, 4) is 5.75 Å². The monoisotopic (exact) mass is 469 g/mol. The molecule has 0 radical (unpaired) electrons. The van der Waals surface area contributed by atoms with Crippen molar-refractivity contribution in [2.45, 2.75) is 26.1 Å². The minimum Gasteiger partial charge on any atom is -0.489 e. The van der Waals surface area contributed by atoms with Crippen LogP contribution in [0.15, 0.2) is 65.7 Å². The third kappa shape index (κ3) is 7.18. The van der Waals surface area contributed by atoms with Gasteiger partial charge in [0.1, 0.15) is 12.4 Å². The van der Waals surface area contributed by atoms with E-state index in [0.29, 0.717) is 6.61 Å². The Morgan fingerprint density at radius 2 is 1.96 bits per heavy atom. The van der Waals surface area contributed by atoms with E-state index >= 15 is 0 Å². The molecule has 0 saturated heterocycles. The summed E-state index contributed by atoms with van der Waals surface area (Å²) in [6, 6.07) is 13.8. The van der Waals surface area contributed by atoms with Gasteiger partial charge in [0, 0.05) is 40.5 Å². The Bertz CT molecular complexity index is 811. The van der Waals surface area contributed by atoms with E-state index in [-0.39, 0.29) is 12.4 Å². The molecule has 0 fully saturated rings. The maximum atomic E-state index is 6.02. The highest BCUT2D eigenvalue weighted by atomic mass is 79.9. The van der Waals surface area contributed by atoms with Crippen molar-refractivity contribution in [2.75, 3.05) is 6.54 Å². The van der Waals surface area contributed by atoms with Crippen LogP contribution in [0.1, 0.15) is 17.5 Å². The summed E-state index contributed by atoms with van der Waals surface area (Å²) in [5, 5.41) is 4.22. The lowest BCUT2D eigenvalue weighted by molar-refractivity contribution is 0.302. The number of nitrogens with one attached hydrogen (secondary N) is 1. The topological polar surface area (TPSA) is 39.1 Å². The average Bonchev–Trinajstić information content (AvgIpc) is 3.15. The van der Waals surface area contributed by atoms with Crippen LogP contribution in [0.5, 0.6) is 5.75 Å². The molecule has 0 bridgehead atoms. The predicted octanol–water partition coefficient (Wildman–Crippen LogP) is 5.48. The lowest BCUT2D eigenvalue weighted by Gasteiger charge is -2.13. The quantitative estimate of drug-likeness (QED) is 0.421. The van der Waals surface area contributed by atoms with Crippen LogP contribution < -0.4 is 10.1 Å². The first-order valence-electron chi connectivity index (χ1n) is 8.53. The van der Waals surface area contributed by atoms with Gasteiger partial charge in [-0.05, 0) is 48.9 Å². The molecule has 7 heteroatoms. The molecule has 2 aromatic carbocycles. The maximum absolute atomic E-state index is 6.02. The molecule has 3 aromatic rings. The minimum atomic E-state index is 0. The molecule has 0 unspecified atom stereocenters. The number of hydrogen-bond acceptors (Lipinski definition) is 3. The largest absolute Gasteiger partial charge is 0.489 e. The SMILES string of the molecule is Cl.Clc1ccc(COc2ccc(Br)cc2CNCCCn2ccnc2)cc1. The normalized spacial score (nSPS) is 10.4. The highest BCUT2D eigenvalue weighted by Gasteiger charge is 2.05. The van der Waals surface area contributed by atoms with Crippen LogP contribution in [0.4, 0.5) is 0 Å². The molecule has 1 heterocycles. The number of ether oxygens (including phenoxy) is 1. The van der Waals surface area contributed by atoms with Crippen LogP contribution in [0.3, 0.4) is 0 Å². The number of halogens is 3. The van der Waals surface area contributed by atoms with E-state index in [2.05, 4.69) is 36.9 Å². The molecule has 0 spiro atoms. The van der Waals surface area contributed by atoms with Crippen molar-refractivity contribution in [1.82, 2.24) is 14.9 Å². The average molecular weight is 471 g/mol. The molecule has 1 N–H and O–H groups in total. The molecular formula is C20H22BrCl2N3O. The molecule has 0 aliphatic heterocycles. The van der Waals surface area contributed by atoms with E-state index < -0.39 is 0 Å². The zero-order valence-electron chi connectivity index (χ0n) is 14.8. The van der Waals surface area contributed by atoms with E-state index in [9.17, 15) is 0 Å². The highest BCUT2D eigenvalue weighted by Crippen LogP contribution is 2.24. The van der Waals surface area contributed by atoms with Crippen LogP contribution in [0.25, 0.3) is 0 Å². The van der Waals surface area contributed by atoms with E-state index in [1.165, 1.54) is 0 Å². The number of aromatic nitrogens is 2. The van der Waals surface area contributed by atoms with Gasteiger partial charge in [0.25, 0.3) is 0 Å². The van der Waals surface area contributed by atoms with Gasteiger partial charge in [0.2, 0.25) is 0 Å². The Balaban J connectivity index is 0.00000261. The summed E-state index contributed by atoms with van der Waals surface area (Å²) in [5.74, 6) is 0.894. The fourth-order valence-corrected chi connectivity index (χ4v) is 3.13. The van der Waals surface area contributed by atoms with Crippen molar-refractivity contribution in [3.63, 3.8) is 0 Å². The second-order valence-electron chi connectivity index (χ2n) is 6.00. The van der Waals surface area contributed by atoms with Crippen LogP contribution in [-0.4, -0.2) is 16.1 Å². The van der Waals surface area contributed by atoms with Gasteiger partial charge in [0.15, 0.2) is 0 Å². The van der Waals surface area contributed by atoms with E-state index in [0.717, 1.165) is 52.4 Å². The smallest absolute Gasteiger partial charge is 0.124 e. The molecule has 27 heavy (non-hydrogen) atoms. The number of nitrogens with zero attached hydrogens (tertiary/aromatic N) is 2. The van der Waals surface area contributed by atoms with Crippen molar-refractivity contribution in [2.24, 2.45) is 0 Å². The molecule has 0 saturated carbocycles. The lowest BCUT2D eigenvalue weighted by atomic mass is 10.2. The predicted molar refractivity (Wildman–Crippen MR) is 116 cm³/mol. The van der Waals surface area contributed by atoms with Crippen molar-refractivity contribution < 1.29 is 4.74 Å². The van der Waals surface area contributed by atoms with Gasteiger partial charge in [-0.2, -0.15) is 0 Å². The number of aryl methyl sites for hydroxylation is 1. The van der Waals surface area contributed by atoms with Crippen LogP contribution in [-0.2, 0) is 19.7 Å². The Morgan fingerprint density at radius 1 is 1.15 bits per heavy atom. The van der Waals surface area contributed by atoms with Crippen molar-refractivity contribution >= 4 is 39.9 Å². The number of benzene rings is 2. The molecule has 0 amide bonds. The Morgan fingerprint density at radius 3 is 2.70 bits per heavy atom. The molecule has 0 aliphatic rings. The Hall–Kier alpha value is -1.53. The second-order valence-corrected chi connectivity index (χ2v) is 7.35. The summed E-state index contributed by atoms with van der Waals surface area (Å²) in [7, 11) is 0. The third-order valence-electron chi connectivity index (χ3n) is 3.97. The van der Waals surface area contributed by atoms with Crippen LogP contribution in [0.2, 0.25) is 5.02 Å². The molecular weight excluding hydrogens is 449 g/mol. The number of rotatable bonds is 9. The Labute approximate surface area is 179 Å². The van der Waals surface area contributed by atoms with Gasteiger partial charge >= 0.3 is 0 Å². The first kappa shape index (κ1) is 21.8. The second kappa shape index (κ2) is 11.3. The zero-order valence-corrected chi connectivity index (χ0v) is 17.9. The van der Waals surface area contributed by atoms with E-state index in [1.807, 2.05) is 48.9 Å². The van der Waals surface area contributed by atoms with Gasteiger partial charge < -0.3 is 14.6 Å². The van der Waals surface area contributed by atoms with Crippen molar-refractivity contribution in [1.29, 1.82) is 0 Å². The summed E-state index contributed by atoms with van der Waals surface area (Å²) in [5.41, 5.74) is 2.23. The highest BCUT2D eigenvalue weighted by molar-refractivity contribution is 9.10. The molecule has 144 valence electrons. The summed E-state index contributed by atoms with van der Waals surface area (Å²) in [6.45, 7) is 3.18. The van der Waals surface area contributed by atoms with Crippen molar-refractivity contribution in [3.05, 3.63) is 81.8 Å². The van der Waals surface area contributed by atoms with Gasteiger partial charge in [-0.15, -0.1) is 12.4 Å². The fraction of sp³-hybridized carbons (Fsp3) is 0.250. The number of imidazole rings is 1. The van der Waals surface area contributed by atoms with Gasteiger partial charge in [-0.25, -0.2) is 4.98 Å². The zero-order chi connectivity index (χ0) is 18.2. The van der Waals surface area contributed by atoms with Gasteiger partial charge in [0.05, 0.1) is 6.33 Å². The number of hydrogen-bond donors (Lipinski definition) is 1.